The van der Waals surface area contributed by atoms with Crippen LogP contribution < -0.4 is 14.3 Å². The van der Waals surface area contributed by atoms with Crippen LogP contribution in [0.4, 0.5) is 5.82 Å². The van der Waals surface area contributed by atoms with E-state index in [1.165, 1.54) is 49.2 Å². The van der Waals surface area contributed by atoms with E-state index in [9.17, 15) is 28.0 Å². The predicted molar refractivity (Wildman–Crippen MR) is 147 cm³/mol. The average molecular weight is 647 g/mol. The first-order chi connectivity index (χ1) is 19.7. The number of fused-ring (bicyclic) bond motifs is 1. The molecule has 0 bridgehead atoms. The fourth-order valence-electron chi connectivity index (χ4n) is 4.48. The Morgan fingerprint density at radius 3 is 2.57 bits per heavy atom. The molecule has 2 fully saturated rings. The van der Waals surface area contributed by atoms with Crippen LogP contribution in [0.3, 0.4) is 0 Å². The second-order valence-corrected chi connectivity index (χ2v) is 14.0. The molecule has 16 nitrogen and oxygen atoms in total. The summed E-state index contributed by atoms with van der Waals surface area (Å²) in [4.78, 5) is 24.5. The van der Waals surface area contributed by atoms with E-state index in [4.69, 9.17) is 30.1 Å². The van der Waals surface area contributed by atoms with E-state index in [1.807, 2.05) is 0 Å². The Balaban J connectivity index is 1.39. The molecule has 4 N–H and O–H groups in total. The van der Waals surface area contributed by atoms with Crippen molar-refractivity contribution in [2.75, 3.05) is 24.7 Å². The second kappa shape index (κ2) is 11.0. The van der Waals surface area contributed by atoms with E-state index < -0.39 is 59.9 Å². The van der Waals surface area contributed by atoms with E-state index in [1.54, 1.807) is 0 Å². The Labute approximate surface area is 245 Å². The Bertz CT molecular complexity index is 1650. The van der Waals surface area contributed by atoms with E-state index in [-0.39, 0.29) is 22.7 Å². The maximum Gasteiger partial charge on any atom is 0.459 e. The highest BCUT2D eigenvalue weighted by molar-refractivity contribution is 7.92. The van der Waals surface area contributed by atoms with Gasteiger partial charge in [-0.2, -0.15) is 5.09 Å². The van der Waals surface area contributed by atoms with Gasteiger partial charge in [0.05, 0.1) is 26.3 Å². The molecule has 2 aliphatic rings. The summed E-state index contributed by atoms with van der Waals surface area (Å²) in [6.07, 6.45) is -0.189. The number of hydrogen-bond acceptors (Lipinski definition) is 13. The lowest BCUT2D eigenvalue weighted by molar-refractivity contribution is -0.144. The third kappa shape index (κ3) is 6.09. The smallest absolute Gasteiger partial charge is 0.459 e. The molecule has 1 saturated heterocycles. The van der Waals surface area contributed by atoms with Crippen molar-refractivity contribution in [2.24, 2.45) is 0 Å². The van der Waals surface area contributed by atoms with Gasteiger partial charge in [-0.3, -0.25) is 18.6 Å². The summed E-state index contributed by atoms with van der Waals surface area (Å²) >= 11 is 5.93. The molecule has 0 radical (unpaired) electrons. The first-order valence-electron chi connectivity index (χ1n) is 12.5. The quantitative estimate of drug-likeness (QED) is 0.171. The molecule has 2 aromatic heterocycles. The molecule has 1 saturated carbocycles. The number of rotatable bonds is 11. The number of ether oxygens (including phenoxy) is 2. The lowest BCUT2D eigenvalue weighted by atomic mass is 9.96. The number of imidazole rings is 1. The van der Waals surface area contributed by atoms with Gasteiger partial charge in [0, 0.05) is 5.02 Å². The number of benzene rings is 1. The van der Waals surface area contributed by atoms with Crippen molar-refractivity contribution in [1.29, 1.82) is 0 Å². The van der Waals surface area contributed by atoms with Crippen LogP contribution in [0.25, 0.3) is 11.2 Å². The molecule has 3 unspecified atom stereocenters. The highest BCUT2D eigenvalue weighted by Gasteiger charge is 2.58. The number of sulfonamides is 1. The monoisotopic (exact) mass is 646 g/mol. The fourth-order valence-corrected chi connectivity index (χ4v) is 6.85. The summed E-state index contributed by atoms with van der Waals surface area (Å²) in [6, 6.07) is 5.93. The van der Waals surface area contributed by atoms with E-state index in [0.717, 1.165) is 12.6 Å². The molecule has 3 aromatic rings. The van der Waals surface area contributed by atoms with Crippen LogP contribution in [0, 0.1) is 0 Å². The number of nitrogens with one attached hydrogen (secondary N) is 2. The summed E-state index contributed by atoms with van der Waals surface area (Å²) < 4.78 is 63.0. The molecular formula is C23H28ClN6O10PS. The van der Waals surface area contributed by atoms with Gasteiger partial charge < -0.3 is 24.2 Å². The average Bonchev–Trinajstić information content (AvgIpc) is 3.50. The molecule has 1 aliphatic carbocycles. The van der Waals surface area contributed by atoms with Crippen LogP contribution in [0.5, 0.6) is 5.75 Å². The molecule has 1 aliphatic heterocycles. The minimum atomic E-state index is -4.32. The summed E-state index contributed by atoms with van der Waals surface area (Å²) in [5, 5.41) is 25.3. The molecule has 0 spiro atoms. The van der Waals surface area contributed by atoms with Gasteiger partial charge in [0.25, 0.3) is 0 Å². The fraction of sp³-hybridized carbons (Fsp3) is 0.478. The zero-order valence-corrected chi connectivity index (χ0v) is 25.0. The number of carbonyl (C=O) groups excluding carboxylic acids is 1. The van der Waals surface area contributed by atoms with Gasteiger partial charge in [-0.15, -0.1) is 0 Å². The highest BCUT2D eigenvalue weighted by atomic mass is 35.5. The molecule has 5 rings (SSSR count). The predicted octanol–water partition coefficient (Wildman–Crippen LogP) is 1.36. The van der Waals surface area contributed by atoms with Crippen LogP contribution in [0.2, 0.25) is 5.02 Å². The molecule has 5 atom stereocenters. The van der Waals surface area contributed by atoms with Gasteiger partial charge >= 0.3 is 13.7 Å². The number of aliphatic hydroxyl groups excluding tert-OH is 1. The van der Waals surface area contributed by atoms with Crippen molar-refractivity contribution in [1.82, 2.24) is 24.6 Å². The SMILES string of the molecule is COC(=O)C1(NP(=O)(OCC2OC(n3cnc4c(NS(C)(=O)=O)ncnc43)[C@](C)(O)[C@@H]2O)Oc2ccc(Cl)cc2)CC1. The second-order valence-electron chi connectivity index (χ2n) is 10.1. The van der Waals surface area contributed by atoms with Crippen molar-refractivity contribution in [3.8, 4) is 5.75 Å². The first kappa shape index (κ1) is 30.6. The van der Waals surface area contributed by atoms with Crippen molar-refractivity contribution in [2.45, 2.75) is 49.3 Å². The lowest BCUT2D eigenvalue weighted by Crippen LogP contribution is -2.44. The topological polar surface area (TPSA) is 213 Å². The summed E-state index contributed by atoms with van der Waals surface area (Å²) in [5.74, 6) is -0.619. The van der Waals surface area contributed by atoms with Gasteiger partial charge in [-0.25, -0.2) is 27.9 Å². The van der Waals surface area contributed by atoms with Gasteiger partial charge in [-0.1, -0.05) is 11.6 Å². The van der Waals surface area contributed by atoms with Crippen molar-refractivity contribution in [3.05, 3.63) is 41.9 Å². The van der Waals surface area contributed by atoms with Crippen LogP contribution in [0.15, 0.2) is 36.9 Å². The van der Waals surface area contributed by atoms with Crippen molar-refractivity contribution in [3.63, 3.8) is 0 Å². The summed E-state index contributed by atoms with van der Waals surface area (Å²) in [7, 11) is -6.81. The van der Waals surface area contributed by atoms with Crippen LogP contribution >= 0.6 is 19.3 Å². The molecule has 1 aromatic carbocycles. The zero-order chi connectivity index (χ0) is 30.5. The molecular weight excluding hydrogens is 619 g/mol. The maximum atomic E-state index is 13.9. The molecule has 228 valence electrons. The van der Waals surface area contributed by atoms with Gasteiger partial charge in [0.15, 0.2) is 23.2 Å². The van der Waals surface area contributed by atoms with E-state index >= 15 is 0 Å². The standard InChI is InChI=1S/C23H28ClN6O10PS/c1-22(33)17(31)15(39-20(22)30-12-27-16-18(28-42(3,35)36)25-11-26-19(16)30)10-38-41(34,29-23(8-9-23)21(32)37-2)40-14-6-4-13(24)5-7-14/h4-7,11-12,15,17,20,31,33H,8-10H2,1-3H3,(H,29,34)(H,25,26,28)/t15?,17-,20?,22-,41?/m1/s1. The number of carbonyl (C=O) groups is 1. The number of methoxy groups -OCH3 is 1. The normalized spacial score (nSPS) is 26.5. The Morgan fingerprint density at radius 2 is 1.95 bits per heavy atom. The minimum Gasteiger partial charge on any atom is -0.468 e. The van der Waals surface area contributed by atoms with E-state index in [0.29, 0.717) is 17.9 Å². The van der Waals surface area contributed by atoms with Gasteiger partial charge in [-0.05, 0) is 44.0 Å². The Kier molecular flexibility index (Phi) is 8.00. The van der Waals surface area contributed by atoms with Crippen molar-refractivity contribution < 1.29 is 46.5 Å². The van der Waals surface area contributed by atoms with Gasteiger partial charge in [0.2, 0.25) is 10.0 Å². The van der Waals surface area contributed by atoms with Crippen molar-refractivity contribution >= 4 is 52.3 Å². The van der Waals surface area contributed by atoms with E-state index in [2.05, 4.69) is 24.8 Å². The number of anilines is 1. The molecule has 19 heteroatoms. The van der Waals surface area contributed by atoms with Crippen LogP contribution in [0.1, 0.15) is 26.0 Å². The highest BCUT2D eigenvalue weighted by Crippen LogP contribution is 2.53. The van der Waals surface area contributed by atoms with Crippen LogP contribution in [-0.2, 0) is 33.4 Å². The largest absolute Gasteiger partial charge is 0.468 e. The lowest BCUT2D eigenvalue weighted by Gasteiger charge is -2.27. The number of aliphatic hydroxyl groups is 2. The summed E-state index contributed by atoms with van der Waals surface area (Å²) in [5.41, 5.74) is -3.07. The molecule has 42 heavy (non-hydrogen) atoms. The number of hydrogen-bond donors (Lipinski definition) is 4. The number of aromatic nitrogens is 4. The first-order valence-corrected chi connectivity index (χ1v) is 16.3. The maximum absolute atomic E-state index is 13.9. The minimum absolute atomic E-state index is 0.0686. The van der Waals surface area contributed by atoms with Crippen LogP contribution in [-0.4, -0.2) is 87.4 Å². The summed E-state index contributed by atoms with van der Waals surface area (Å²) in [6.45, 7) is 0.759. The number of esters is 1. The number of nitrogens with zero attached hydrogens (tertiary/aromatic N) is 4. The Morgan fingerprint density at radius 1 is 1.26 bits per heavy atom. The third-order valence-corrected chi connectivity index (χ3v) is 9.23. The molecule has 0 amide bonds. The Hall–Kier alpha value is -2.89. The molecule has 3 heterocycles. The third-order valence-electron chi connectivity index (χ3n) is 6.77. The van der Waals surface area contributed by atoms with Gasteiger partial charge in [0.1, 0.15) is 35.4 Å². The number of halogens is 1. The zero-order valence-electron chi connectivity index (χ0n) is 22.5.